The number of aliphatic carboxylic acids is 1. The van der Waals surface area contributed by atoms with E-state index in [4.69, 9.17) is 60.6 Å². The lowest BCUT2D eigenvalue weighted by atomic mass is 9.73. The summed E-state index contributed by atoms with van der Waals surface area (Å²) in [5.74, 6) is -2.84. The van der Waals surface area contributed by atoms with Crippen molar-refractivity contribution >= 4 is 58.5 Å². The molecule has 0 aromatic heterocycles. The highest BCUT2D eigenvalue weighted by atomic mass is 35.5. The molecule has 11 heteroatoms. The summed E-state index contributed by atoms with van der Waals surface area (Å²) in [5, 5.41) is 9.10. The topological polar surface area (TPSA) is 85.3 Å². The van der Waals surface area contributed by atoms with Crippen molar-refractivity contribution in [1.29, 1.82) is 0 Å². The third-order valence-electron chi connectivity index (χ3n) is 4.85. The van der Waals surface area contributed by atoms with Gasteiger partial charge in [0, 0.05) is 32.6 Å². The van der Waals surface area contributed by atoms with Crippen molar-refractivity contribution < 1.29 is 28.9 Å². The summed E-state index contributed by atoms with van der Waals surface area (Å²) in [7, 11) is 2.68. The van der Waals surface area contributed by atoms with Gasteiger partial charge in [0.1, 0.15) is 16.5 Å². The molecule has 1 aliphatic carbocycles. The van der Waals surface area contributed by atoms with E-state index in [1.54, 1.807) is 20.8 Å². The van der Waals surface area contributed by atoms with E-state index in [-0.39, 0.29) is 16.6 Å². The van der Waals surface area contributed by atoms with Gasteiger partial charge in [0.05, 0.1) is 15.4 Å². The van der Waals surface area contributed by atoms with Crippen molar-refractivity contribution in [2.75, 3.05) is 20.8 Å². The summed E-state index contributed by atoms with van der Waals surface area (Å²) in [6.45, 7) is 5.02. The molecule has 1 amide bonds. The van der Waals surface area contributed by atoms with Crippen molar-refractivity contribution in [1.82, 2.24) is 4.90 Å². The van der Waals surface area contributed by atoms with Crippen LogP contribution >= 0.6 is 46.4 Å². The van der Waals surface area contributed by atoms with Crippen LogP contribution < -0.4 is 0 Å². The molecule has 1 fully saturated rings. The van der Waals surface area contributed by atoms with Gasteiger partial charge in [0.25, 0.3) is 0 Å². The summed E-state index contributed by atoms with van der Waals surface area (Å²) in [6.07, 6.45) is -1.93. The fourth-order valence-electron chi connectivity index (χ4n) is 3.83. The fourth-order valence-corrected chi connectivity index (χ4v) is 5.49. The number of amides is 1. The molecule has 1 unspecified atom stereocenters. The van der Waals surface area contributed by atoms with Gasteiger partial charge in [-0.1, -0.05) is 23.2 Å². The Bertz CT molecular complexity index is 677. The van der Waals surface area contributed by atoms with E-state index in [0.29, 0.717) is 0 Å². The zero-order chi connectivity index (χ0) is 21.6. The number of hydrogen-bond donors (Lipinski definition) is 1. The van der Waals surface area contributed by atoms with E-state index in [1.807, 2.05) is 0 Å². The minimum Gasteiger partial charge on any atom is -0.480 e. The summed E-state index contributed by atoms with van der Waals surface area (Å²) in [4.78, 5) is 24.3. The predicted octanol–water partition coefficient (Wildman–Crippen LogP) is 3.83. The molecular formula is C17H23Cl4NO6. The molecule has 0 radical (unpaired) electrons. The Morgan fingerprint density at radius 1 is 1.25 bits per heavy atom. The molecule has 28 heavy (non-hydrogen) atoms. The van der Waals surface area contributed by atoms with E-state index in [9.17, 15) is 14.7 Å². The molecular weight excluding hydrogens is 456 g/mol. The fraction of sp³-hybridized carbons (Fsp3) is 0.765. The number of allylic oxidation sites excluding steroid dienone is 1. The highest BCUT2D eigenvalue weighted by Gasteiger charge is 2.66. The Labute approximate surface area is 183 Å². The first-order valence-corrected chi connectivity index (χ1v) is 10.0. The van der Waals surface area contributed by atoms with E-state index < -0.39 is 52.1 Å². The monoisotopic (exact) mass is 477 g/mol. The van der Waals surface area contributed by atoms with E-state index in [0.717, 1.165) is 4.90 Å². The second kappa shape index (κ2) is 8.36. The van der Waals surface area contributed by atoms with E-state index in [1.165, 1.54) is 14.2 Å². The van der Waals surface area contributed by atoms with Crippen LogP contribution in [0.4, 0.5) is 4.79 Å². The Morgan fingerprint density at radius 2 is 1.79 bits per heavy atom. The van der Waals surface area contributed by atoms with Gasteiger partial charge in [-0.3, -0.25) is 4.90 Å². The van der Waals surface area contributed by atoms with Gasteiger partial charge >= 0.3 is 12.1 Å². The van der Waals surface area contributed by atoms with Crippen molar-refractivity contribution in [3.8, 4) is 0 Å². The number of fused-ring (bicyclic) bond motifs is 1. The van der Waals surface area contributed by atoms with Gasteiger partial charge in [0.2, 0.25) is 0 Å². The third kappa shape index (κ3) is 3.94. The van der Waals surface area contributed by atoms with Crippen LogP contribution in [0.2, 0.25) is 0 Å². The maximum atomic E-state index is 12.7. The number of likely N-dealkylation sites (tertiary alicyclic amines) is 1. The lowest BCUT2D eigenvalue weighted by Crippen LogP contribution is -2.58. The molecule has 1 aliphatic heterocycles. The Morgan fingerprint density at radius 3 is 2.21 bits per heavy atom. The molecule has 7 nitrogen and oxygen atoms in total. The molecule has 0 bridgehead atoms. The van der Waals surface area contributed by atoms with Crippen LogP contribution in [0.1, 0.15) is 20.8 Å². The zero-order valence-electron chi connectivity index (χ0n) is 16.0. The zero-order valence-corrected chi connectivity index (χ0v) is 19.1. The van der Waals surface area contributed by atoms with Gasteiger partial charge in [-0.15, -0.1) is 23.2 Å². The molecule has 2 rings (SSSR count). The summed E-state index contributed by atoms with van der Waals surface area (Å²) < 4.78 is 16.0. The van der Waals surface area contributed by atoms with E-state index in [2.05, 4.69) is 0 Å². The van der Waals surface area contributed by atoms with Crippen LogP contribution in [0.25, 0.3) is 0 Å². The third-order valence-corrected chi connectivity index (χ3v) is 7.25. The Kier molecular flexibility index (Phi) is 7.12. The number of hydrogen-bond acceptors (Lipinski definition) is 5. The number of carbonyl (C=O) groups is 2. The SMILES string of the molecule is COC(OC)[C@]1(Cl)C(Cl)=C(Cl)C(Cl)[C@H]2CN(C(=O)OC(C)(C)C)[C@H](C(=O)O)[C@H]21. The molecule has 1 heterocycles. The quantitative estimate of drug-likeness (QED) is 0.488. The van der Waals surface area contributed by atoms with Crippen LogP contribution in [0, 0.1) is 11.8 Å². The van der Waals surface area contributed by atoms with Gasteiger partial charge in [-0.25, -0.2) is 9.59 Å². The highest BCUT2D eigenvalue weighted by Crippen LogP contribution is 2.57. The van der Waals surface area contributed by atoms with Crippen LogP contribution in [0.3, 0.4) is 0 Å². The highest BCUT2D eigenvalue weighted by molar-refractivity contribution is 6.48. The van der Waals surface area contributed by atoms with Crippen molar-refractivity contribution in [3.05, 3.63) is 10.1 Å². The minimum absolute atomic E-state index is 0.0281. The Hall–Kier alpha value is -0.440. The Balaban J connectivity index is 2.60. The first-order valence-electron chi connectivity index (χ1n) is 8.47. The molecule has 1 N–H and O–H groups in total. The summed E-state index contributed by atoms with van der Waals surface area (Å²) in [6, 6.07) is -1.37. The largest absolute Gasteiger partial charge is 0.480 e. The maximum absolute atomic E-state index is 12.7. The number of methoxy groups -OCH3 is 2. The number of alkyl halides is 2. The molecule has 160 valence electrons. The number of carbonyl (C=O) groups excluding carboxylic acids is 1. The van der Waals surface area contributed by atoms with Crippen molar-refractivity contribution in [2.45, 2.75) is 49.0 Å². The lowest BCUT2D eigenvalue weighted by molar-refractivity contribution is -0.151. The van der Waals surface area contributed by atoms with Crippen molar-refractivity contribution in [2.24, 2.45) is 11.8 Å². The average Bonchev–Trinajstić information content (AvgIpc) is 2.99. The van der Waals surface area contributed by atoms with Crippen LogP contribution in [0.15, 0.2) is 10.1 Å². The number of nitrogens with zero attached hydrogens (tertiary/aromatic N) is 1. The molecule has 0 aromatic rings. The first-order chi connectivity index (χ1) is 12.8. The van der Waals surface area contributed by atoms with Gasteiger partial charge in [0.15, 0.2) is 6.29 Å². The number of ether oxygens (including phenoxy) is 3. The molecule has 0 aromatic carbocycles. The second-order valence-corrected chi connectivity index (χ2v) is 9.62. The van der Waals surface area contributed by atoms with Gasteiger partial charge in [-0.2, -0.15) is 0 Å². The standard InChI is InChI=1S/C17H23Cl4NO6/c1-16(2,3)28-15(25)22-6-7-8(11(22)13(23)24)17(21,14(26-4)27-5)12(20)10(19)9(7)18/h7-9,11,14H,6H2,1-5H3,(H,23,24)/t7-,8-,9?,11-,17+/m0/s1. The molecule has 2 aliphatic rings. The van der Waals surface area contributed by atoms with E-state index >= 15 is 0 Å². The minimum atomic E-state index is -1.67. The predicted molar refractivity (Wildman–Crippen MR) is 106 cm³/mol. The second-order valence-electron chi connectivity index (χ2n) is 7.74. The van der Waals surface area contributed by atoms with Crippen LogP contribution in [-0.2, 0) is 19.0 Å². The molecule has 0 spiro atoms. The summed E-state index contributed by atoms with van der Waals surface area (Å²) >= 11 is 26.1. The summed E-state index contributed by atoms with van der Waals surface area (Å²) in [5.41, 5.74) is -0.818. The molecule has 1 saturated heterocycles. The smallest absolute Gasteiger partial charge is 0.411 e. The van der Waals surface area contributed by atoms with Crippen LogP contribution in [-0.4, -0.2) is 71.0 Å². The molecule has 5 atom stereocenters. The number of halogens is 4. The lowest BCUT2D eigenvalue weighted by Gasteiger charge is -2.46. The van der Waals surface area contributed by atoms with Crippen molar-refractivity contribution in [3.63, 3.8) is 0 Å². The first kappa shape index (κ1) is 23.8. The number of carboxylic acid groups (broad SMARTS) is 1. The van der Waals surface area contributed by atoms with Gasteiger partial charge < -0.3 is 19.3 Å². The number of rotatable bonds is 4. The maximum Gasteiger partial charge on any atom is 0.411 e. The molecule has 0 saturated carbocycles. The normalized spacial score (nSPS) is 33.3. The van der Waals surface area contributed by atoms with Crippen LogP contribution in [0.5, 0.6) is 0 Å². The number of carboxylic acids is 1. The van der Waals surface area contributed by atoms with Gasteiger partial charge in [-0.05, 0) is 20.8 Å². The average molecular weight is 479 g/mol.